The van der Waals surface area contributed by atoms with Gasteiger partial charge in [0.15, 0.2) is 0 Å². The maximum atomic E-state index is 11.7. The molecule has 1 aromatic rings. The third kappa shape index (κ3) is 2.56. The zero-order valence-electron chi connectivity index (χ0n) is 11.6. The number of methoxy groups -OCH3 is 1. The van der Waals surface area contributed by atoms with Gasteiger partial charge in [0, 0.05) is 0 Å². The first-order valence-electron chi connectivity index (χ1n) is 6.11. The Morgan fingerprint density at radius 2 is 1.84 bits per heavy atom. The van der Waals surface area contributed by atoms with E-state index in [1.807, 2.05) is 29.2 Å². The van der Waals surface area contributed by atoms with Crippen molar-refractivity contribution in [3.63, 3.8) is 0 Å². The first-order chi connectivity index (χ1) is 8.89. The third-order valence-corrected chi connectivity index (χ3v) is 6.36. The fourth-order valence-corrected chi connectivity index (χ4v) is 4.45. The molecule has 0 radical (unpaired) electrons. The summed E-state index contributed by atoms with van der Waals surface area (Å²) in [6.07, 6.45) is 1.52. The SMILES string of the molecule is COc1ccc(C2(C(C)(C)C)OC(=O)C=C[Se]2)cc1. The van der Waals surface area contributed by atoms with E-state index in [2.05, 4.69) is 20.8 Å². The molecule has 1 aliphatic rings. The maximum absolute atomic E-state index is 11.7. The van der Waals surface area contributed by atoms with Gasteiger partial charge in [-0.05, 0) is 0 Å². The van der Waals surface area contributed by atoms with E-state index in [0.29, 0.717) is 0 Å². The van der Waals surface area contributed by atoms with Crippen LogP contribution in [-0.4, -0.2) is 28.0 Å². The molecule has 0 N–H and O–H groups in total. The van der Waals surface area contributed by atoms with Crippen molar-refractivity contribution in [3.8, 4) is 5.75 Å². The van der Waals surface area contributed by atoms with Crippen molar-refractivity contribution in [2.45, 2.75) is 25.3 Å². The van der Waals surface area contributed by atoms with Crippen LogP contribution in [0.2, 0.25) is 0 Å². The molecule has 1 unspecified atom stereocenters. The number of hydrogen-bond acceptors (Lipinski definition) is 3. The second-order valence-electron chi connectivity index (χ2n) is 5.44. The molecule has 4 heteroatoms. The minimum absolute atomic E-state index is 0.0632. The van der Waals surface area contributed by atoms with E-state index in [0.717, 1.165) is 11.3 Å². The first-order valence-corrected chi connectivity index (χ1v) is 7.95. The van der Waals surface area contributed by atoms with Crippen LogP contribution < -0.4 is 4.74 Å². The average molecular weight is 325 g/mol. The number of carbonyl (C=O) groups is 1. The van der Waals surface area contributed by atoms with Gasteiger partial charge in [0.25, 0.3) is 0 Å². The molecular weight excluding hydrogens is 307 g/mol. The zero-order chi connectivity index (χ0) is 14.1. The standard InChI is InChI=1S/C15H18O3Se/c1-14(2,3)15(18-13(16)9-10-19-15)11-5-7-12(17-4)8-6-11/h5-10H,1-4H3. The summed E-state index contributed by atoms with van der Waals surface area (Å²) >= 11 is 0.0632. The normalized spacial score (nSPS) is 23.1. The zero-order valence-corrected chi connectivity index (χ0v) is 13.3. The van der Waals surface area contributed by atoms with Gasteiger partial charge in [-0.25, -0.2) is 0 Å². The Bertz CT molecular complexity index is 499. The van der Waals surface area contributed by atoms with E-state index in [1.165, 1.54) is 6.08 Å². The van der Waals surface area contributed by atoms with Crippen LogP contribution in [0, 0.1) is 5.41 Å². The van der Waals surface area contributed by atoms with Crippen molar-refractivity contribution in [1.29, 1.82) is 0 Å². The van der Waals surface area contributed by atoms with Gasteiger partial charge in [-0.3, -0.25) is 0 Å². The summed E-state index contributed by atoms with van der Waals surface area (Å²) in [7, 11) is 1.64. The molecule has 0 fully saturated rings. The number of esters is 1. The molecule has 102 valence electrons. The predicted molar refractivity (Wildman–Crippen MR) is 75.1 cm³/mol. The quantitative estimate of drug-likeness (QED) is 0.619. The molecule has 0 amide bonds. The van der Waals surface area contributed by atoms with Gasteiger partial charge in [0.2, 0.25) is 0 Å². The molecule has 1 heterocycles. The van der Waals surface area contributed by atoms with Gasteiger partial charge >= 0.3 is 120 Å². The Hall–Kier alpha value is -1.25. The number of hydrogen-bond donors (Lipinski definition) is 0. The van der Waals surface area contributed by atoms with Crippen LogP contribution in [0.1, 0.15) is 26.3 Å². The Morgan fingerprint density at radius 3 is 2.32 bits per heavy atom. The molecule has 2 rings (SSSR count). The molecule has 0 spiro atoms. The van der Waals surface area contributed by atoms with Crippen LogP contribution in [0.4, 0.5) is 0 Å². The fraction of sp³-hybridized carbons (Fsp3) is 0.400. The van der Waals surface area contributed by atoms with Crippen molar-refractivity contribution < 1.29 is 14.3 Å². The van der Waals surface area contributed by atoms with Crippen LogP contribution >= 0.6 is 0 Å². The Morgan fingerprint density at radius 1 is 1.21 bits per heavy atom. The van der Waals surface area contributed by atoms with Gasteiger partial charge in [-0.1, -0.05) is 0 Å². The van der Waals surface area contributed by atoms with E-state index in [9.17, 15) is 4.79 Å². The third-order valence-electron chi connectivity index (χ3n) is 3.14. The molecule has 0 aromatic heterocycles. The summed E-state index contributed by atoms with van der Waals surface area (Å²) in [6, 6.07) is 7.78. The van der Waals surface area contributed by atoms with Gasteiger partial charge in [0.1, 0.15) is 0 Å². The van der Waals surface area contributed by atoms with Crippen molar-refractivity contribution in [2.75, 3.05) is 7.11 Å². The summed E-state index contributed by atoms with van der Waals surface area (Å²) in [4.78, 5) is 13.7. The molecule has 1 aromatic carbocycles. The fourth-order valence-electron chi connectivity index (χ4n) is 2.09. The topological polar surface area (TPSA) is 35.5 Å². The molecule has 0 aliphatic carbocycles. The van der Waals surface area contributed by atoms with Crippen molar-refractivity contribution >= 4 is 20.9 Å². The summed E-state index contributed by atoms with van der Waals surface area (Å²) in [5.41, 5.74) is 0.862. The van der Waals surface area contributed by atoms with Crippen LogP contribution in [0.5, 0.6) is 5.75 Å². The van der Waals surface area contributed by atoms with E-state index < -0.39 is 4.50 Å². The molecule has 0 saturated carbocycles. The number of benzene rings is 1. The molecule has 1 atom stereocenters. The van der Waals surface area contributed by atoms with Crippen LogP contribution in [0.25, 0.3) is 0 Å². The summed E-state index contributed by atoms with van der Waals surface area (Å²) < 4.78 is 10.4. The van der Waals surface area contributed by atoms with Gasteiger partial charge < -0.3 is 0 Å². The van der Waals surface area contributed by atoms with Crippen molar-refractivity contribution in [1.82, 2.24) is 0 Å². The van der Waals surface area contributed by atoms with Crippen molar-refractivity contribution in [2.24, 2.45) is 5.41 Å². The van der Waals surface area contributed by atoms with Gasteiger partial charge in [0.05, 0.1) is 0 Å². The predicted octanol–water partition coefficient (Wildman–Crippen LogP) is 2.67. The Balaban J connectivity index is 2.49. The molecular formula is C15H18O3Se. The number of carbonyl (C=O) groups excluding carboxylic acids is 1. The molecule has 3 nitrogen and oxygen atoms in total. The van der Waals surface area contributed by atoms with E-state index in [4.69, 9.17) is 9.47 Å². The van der Waals surface area contributed by atoms with E-state index in [-0.39, 0.29) is 26.3 Å². The molecule has 1 aliphatic heterocycles. The number of cyclic esters (lactones) is 1. The van der Waals surface area contributed by atoms with Crippen LogP contribution in [-0.2, 0) is 14.0 Å². The van der Waals surface area contributed by atoms with Crippen molar-refractivity contribution in [3.05, 3.63) is 40.9 Å². The summed E-state index contributed by atoms with van der Waals surface area (Å²) in [5, 5.41) is 0. The average Bonchev–Trinajstić information content (AvgIpc) is 2.37. The van der Waals surface area contributed by atoms with Gasteiger partial charge in [-0.2, -0.15) is 0 Å². The van der Waals surface area contributed by atoms with Gasteiger partial charge in [-0.15, -0.1) is 0 Å². The number of rotatable bonds is 2. The Labute approximate surface area is 120 Å². The second kappa shape index (κ2) is 5.03. The monoisotopic (exact) mass is 326 g/mol. The van der Waals surface area contributed by atoms with E-state index in [1.54, 1.807) is 7.11 Å². The molecule has 0 bridgehead atoms. The Kier molecular flexibility index (Phi) is 3.75. The molecule has 0 saturated heterocycles. The second-order valence-corrected chi connectivity index (χ2v) is 7.71. The van der Waals surface area contributed by atoms with Crippen LogP contribution in [0.15, 0.2) is 35.3 Å². The summed E-state index contributed by atoms with van der Waals surface area (Å²) in [6.45, 7) is 6.31. The number of ether oxygens (including phenoxy) is 2. The molecule has 19 heavy (non-hydrogen) atoms. The van der Waals surface area contributed by atoms with Crippen LogP contribution in [0.3, 0.4) is 0 Å². The van der Waals surface area contributed by atoms with E-state index >= 15 is 0 Å². The minimum atomic E-state index is -0.557. The summed E-state index contributed by atoms with van der Waals surface area (Å²) in [5.74, 6) is 0.539. The first kappa shape index (κ1) is 14.2.